The lowest BCUT2D eigenvalue weighted by atomic mass is 10.2. The minimum atomic E-state index is 0.642. The van der Waals surface area contributed by atoms with Crippen molar-refractivity contribution in [3.05, 3.63) is 90.3 Å². The number of aromatic nitrogens is 3. The number of pyridine rings is 1. The van der Waals surface area contributed by atoms with Crippen LogP contribution in [0.25, 0.3) is 34.6 Å². The van der Waals surface area contributed by atoms with Crippen LogP contribution in [-0.4, -0.2) is 15.0 Å². The van der Waals surface area contributed by atoms with Crippen LogP contribution in [0.15, 0.2) is 79.0 Å². The van der Waals surface area contributed by atoms with Gasteiger partial charge in [0.2, 0.25) is 0 Å². The molecule has 0 N–H and O–H groups in total. The first-order valence-electron chi connectivity index (χ1n) is 7.81. The highest BCUT2D eigenvalue weighted by atomic mass is 14.9. The number of hydrogen-bond donors (Lipinski definition) is 0. The number of benzene rings is 2. The number of nitrogens with zero attached hydrogens (tertiary/aromatic N) is 3. The van der Waals surface area contributed by atoms with Gasteiger partial charge in [-0.25, -0.2) is 15.0 Å². The Morgan fingerprint density at radius 1 is 0.667 bits per heavy atom. The van der Waals surface area contributed by atoms with Crippen LogP contribution in [0, 0.1) is 0 Å². The van der Waals surface area contributed by atoms with E-state index in [1.54, 1.807) is 0 Å². The molecule has 3 heteroatoms. The zero-order valence-electron chi connectivity index (χ0n) is 13.0. The molecule has 0 saturated carbocycles. The Morgan fingerprint density at radius 3 is 2.42 bits per heavy atom. The summed E-state index contributed by atoms with van der Waals surface area (Å²) in [6, 6.07) is 24.0. The Bertz CT molecular complexity index is 1010. The molecule has 0 saturated heterocycles. The highest BCUT2D eigenvalue weighted by molar-refractivity contribution is 5.79. The Kier molecular flexibility index (Phi) is 3.82. The molecule has 0 radical (unpaired) electrons. The minimum absolute atomic E-state index is 0.642. The van der Waals surface area contributed by atoms with Crippen molar-refractivity contribution in [1.82, 2.24) is 15.0 Å². The fourth-order valence-electron chi connectivity index (χ4n) is 2.51. The van der Waals surface area contributed by atoms with E-state index in [9.17, 15) is 0 Å². The molecule has 3 nitrogen and oxygen atoms in total. The molecule has 0 amide bonds. The first-order chi connectivity index (χ1) is 11.9. The quantitative estimate of drug-likeness (QED) is 0.542. The summed E-state index contributed by atoms with van der Waals surface area (Å²) in [6.45, 7) is 0. The molecule has 2 aromatic carbocycles. The summed E-state index contributed by atoms with van der Waals surface area (Å²) in [6.07, 6.45) is 5.89. The van der Waals surface area contributed by atoms with Crippen molar-refractivity contribution >= 4 is 23.1 Å². The van der Waals surface area contributed by atoms with Gasteiger partial charge in [-0.2, -0.15) is 0 Å². The molecule has 0 aliphatic rings. The van der Waals surface area contributed by atoms with E-state index < -0.39 is 0 Å². The molecule has 0 aliphatic carbocycles. The van der Waals surface area contributed by atoms with Gasteiger partial charge in [-0.15, -0.1) is 0 Å². The summed E-state index contributed by atoms with van der Waals surface area (Å²) in [5, 5.41) is 1.03. The van der Waals surface area contributed by atoms with E-state index in [0.29, 0.717) is 5.82 Å². The average molecular weight is 309 g/mol. The number of rotatable bonds is 3. The normalized spacial score (nSPS) is 11.2. The van der Waals surface area contributed by atoms with Crippen LogP contribution >= 0.6 is 0 Å². The van der Waals surface area contributed by atoms with Gasteiger partial charge in [-0.1, -0.05) is 60.7 Å². The van der Waals surface area contributed by atoms with Gasteiger partial charge in [0.1, 0.15) is 5.69 Å². The smallest absolute Gasteiger partial charge is 0.178 e. The molecule has 2 aromatic heterocycles. The Morgan fingerprint density at radius 2 is 1.50 bits per heavy atom. The summed E-state index contributed by atoms with van der Waals surface area (Å²) in [4.78, 5) is 13.7. The summed E-state index contributed by atoms with van der Waals surface area (Å²) in [5.41, 5.74) is 3.73. The van der Waals surface area contributed by atoms with E-state index in [1.165, 1.54) is 0 Å². The van der Waals surface area contributed by atoms with E-state index in [0.717, 1.165) is 27.9 Å². The Hall–Kier alpha value is -3.33. The molecule has 4 rings (SSSR count). The molecule has 0 bridgehead atoms. The summed E-state index contributed by atoms with van der Waals surface area (Å²) in [5.74, 6) is 0.642. The lowest BCUT2D eigenvalue weighted by molar-refractivity contribution is 1.17. The van der Waals surface area contributed by atoms with Crippen LogP contribution in [0.2, 0.25) is 0 Å². The van der Waals surface area contributed by atoms with Crippen LogP contribution in [0.5, 0.6) is 0 Å². The predicted octanol–water partition coefficient (Wildman–Crippen LogP) is 4.86. The second kappa shape index (κ2) is 6.42. The SMILES string of the molecule is C(=C/c1cccc(-c2ncc3ccccc3n2)n1)/c1ccccc1. The third-order valence-electron chi connectivity index (χ3n) is 3.73. The lowest BCUT2D eigenvalue weighted by Gasteiger charge is -2.02. The van der Waals surface area contributed by atoms with Crippen molar-refractivity contribution in [2.24, 2.45) is 0 Å². The first kappa shape index (κ1) is 14.3. The van der Waals surface area contributed by atoms with Gasteiger partial charge in [-0.05, 0) is 29.8 Å². The number of hydrogen-bond acceptors (Lipinski definition) is 3. The van der Waals surface area contributed by atoms with Gasteiger partial charge in [0.25, 0.3) is 0 Å². The van der Waals surface area contributed by atoms with Crippen molar-refractivity contribution in [3.8, 4) is 11.5 Å². The second-order valence-electron chi connectivity index (χ2n) is 5.44. The topological polar surface area (TPSA) is 38.7 Å². The van der Waals surface area contributed by atoms with E-state index >= 15 is 0 Å². The number of para-hydroxylation sites is 1. The van der Waals surface area contributed by atoms with E-state index in [1.807, 2.05) is 79.0 Å². The monoisotopic (exact) mass is 309 g/mol. The fourth-order valence-corrected chi connectivity index (χ4v) is 2.51. The molecule has 2 heterocycles. The van der Waals surface area contributed by atoms with Crippen LogP contribution in [0.4, 0.5) is 0 Å². The molecule has 4 aromatic rings. The van der Waals surface area contributed by atoms with Crippen LogP contribution in [0.3, 0.4) is 0 Å². The third kappa shape index (κ3) is 3.06. The van der Waals surface area contributed by atoms with Gasteiger partial charge < -0.3 is 0 Å². The molecule has 0 atom stereocenters. The van der Waals surface area contributed by atoms with Crippen LogP contribution < -0.4 is 0 Å². The second-order valence-corrected chi connectivity index (χ2v) is 5.44. The summed E-state index contributed by atoms with van der Waals surface area (Å²) >= 11 is 0. The van der Waals surface area contributed by atoms with Crippen molar-refractivity contribution < 1.29 is 0 Å². The zero-order chi connectivity index (χ0) is 16.2. The maximum Gasteiger partial charge on any atom is 0.178 e. The Labute approximate surface area is 140 Å². The lowest BCUT2D eigenvalue weighted by Crippen LogP contribution is -1.93. The third-order valence-corrected chi connectivity index (χ3v) is 3.73. The van der Waals surface area contributed by atoms with E-state index in [4.69, 9.17) is 0 Å². The molecule has 24 heavy (non-hydrogen) atoms. The highest BCUT2D eigenvalue weighted by Crippen LogP contribution is 2.17. The molecule has 0 spiro atoms. The van der Waals surface area contributed by atoms with Gasteiger partial charge in [0, 0.05) is 11.6 Å². The van der Waals surface area contributed by atoms with Gasteiger partial charge in [0.05, 0.1) is 11.2 Å². The van der Waals surface area contributed by atoms with Crippen molar-refractivity contribution in [2.75, 3.05) is 0 Å². The van der Waals surface area contributed by atoms with Crippen molar-refractivity contribution in [1.29, 1.82) is 0 Å². The zero-order valence-corrected chi connectivity index (χ0v) is 13.0. The summed E-state index contributed by atoms with van der Waals surface area (Å²) in [7, 11) is 0. The highest BCUT2D eigenvalue weighted by Gasteiger charge is 2.04. The van der Waals surface area contributed by atoms with Gasteiger partial charge in [-0.3, -0.25) is 0 Å². The summed E-state index contributed by atoms with van der Waals surface area (Å²) < 4.78 is 0. The van der Waals surface area contributed by atoms with E-state index in [-0.39, 0.29) is 0 Å². The maximum absolute atomic E-state index is 4.65. The number of fused-ring (bicyclic) bond motifs is 1. The molecular weight excluding hydrogens is 294 g/mol. The molecule has 0 aliphatic heterocycles. The van der Waals surface area contributed by atoms with Crippen LogP contribution in [0.1, 0.15) is 11.3 Å². The van der Waals surface area contributed by atoms with Crippen molar-refractivity contribution in [2.45, 2.75) is 0 Å². The Balaban J connectivity index is 1.67. The predicted molar refractivity (Wildman–Crippen MR) is 98.1 cm³/mol. The fraction of sp³-hybridized carbons (Fsp3) is 0. The molecular formula is C21H15N3. The standard InChI is InChI=1S/C21H15N3/c1-2-7-16(8-3-1)13-14-18-10-6-12-20(23-18)21-22-15-17-9-4-5-11-19(17)24-21/h1-15H/b14-13-. The first-order valence-corrected chi connectivity index (χ1v) is 7.81. The largest absolute Gasteiger partial charge is 0.245 e. The maximum atomic E-state index is 4.65. The molecule has 0 fully saturated rings. The van der Waals surface area contributed by atoms with Crippen molar-refractivity contribution in [3.63, 3.8) is 0 Å². The van der Waals surface area contributed by atoms with E-state index in [2.05, 4.69) is 27.1 Å². The molecule has 0 unspecified atom stereocenters. The van der Waals surface area contributed by atoms with Gasteiger partial charge in [0.15, 0.2) is 5.82 Å². The van der Waals surface area contributed by atoms with Crippen LogP contribution in [-0.2, 0) is 0 Å². The van der Waals surface area contributed by atoms with Gasteiger partial charge >= 0.3 is 0 Å². The minimum Gasteiger partial charge on any atom is -0.245 e. The average Bonchev–Trinajstić information content (AvgIpc) is 2.67. The molecule has 114 valence electrons.